The SMILES string of the molecule is CN(C)C(=O)C1([N+]2(CCC(CN(C)C(=O)Cc3cnc[nH]3)c3ccc(Cl)c(Cl)c3)CCCCC2)CCNCC1. The lowest BCUT2D eigenvalue weighted by Gasteiger charge is -2.56. The molecule has 0 bridgehead atoms. The number of benzene rings is 1. The molecule has 0 saturated carbocycles. The molecule has 10 heteroatoms. The van der Waals surface area contributed by atoms with Crippen molar-refractivity contribution in [1.29, 1.82) is 0 Å². The summed E-state index contributed by atoms with van der Waals surface area (Å²) in [5, 5.41) is 4.53. The number of hydrogen-bond acceptors (Lipinski definition) is 4. The van der Waals surface area contributed by atoms with E-state index in [-0.39, 0.29) is 24.2 Å². The summed E-state index contributed by atoms with van der Waals surface area (Å²) in [4.78, 5) is 37.7. The predicted octanol–water partition coefficient (Wildman–Crippen LogP) is 4.10. The first-order chi connectivity index (χ1) is 18.7. The van der Waals surface area contributed by atoms with Gasteiger partial charge in [0.2, 0.25) is 5.91 Å². The van der Waals surface area contributed by atoms with E-state index in [2.05, 4.69) is 15.3 Å². The molecule has 39 heavy (non-hydrogen) atoms. The van der Waals surface area contributed by atoms with Crippen molar-refractivity contribution in [3.63, 3.8) is 0 Å². The third kappa shape index (κ3) is 6.62. The minimum atomic E-state index is -0.417. The summed E-state index contributed by atoms with van der Waals surface area (Å²) in [6, 6.07) is 5.80. The Morgan fingerprint density at radius 1 is 1.08 bits per heavy atom. The summed E-state index contributed by atoms with van der Waals surface area (Å²) >= 11 is 12.7. The van der Waals surface area contributed by atoms with Crippen LogP contribution in [0.5, 0.6) is 0 Å². The van der Waals surface area contributed by atoms with Crippen molar-refractivity contribution in [3.8, 4) is 0 Å². The van der Waals surface area contributed by atoms with Crippen molar-refractivity contribution >= 4 is 35.0 Å². The molecular weight excluding hydrogens is 535 g/mol. The number of likely N-dealkylation sites (tertiary alicyclic amines) is 1. The molecule has 2 aromatic rings. The number of amides is 2. The number of quaternary nitrogens is 1. The Balaban J connectivity index is 1.62. The number of halogens is 2. The van der Waals surface area contributed by atoms with E-state index >= 15 is 0 Å². The molecule has 1 unspecified atom stereocenters. The fourth-order valence-electron chi connectivity index (χ4n) is 6.78. The quantitative estimate of drug-likeness (QED) is 0.416. The van der Waals surface area contributed by atoms with Crippen LogP contribution in [0, 0.1) is 0 Å². The van der Waals surface area contributed by atoms with Gasteiger partial charge in [-0.1, -0.05) is 29.3 Å². The number of aromatic nitrogens is 2. The van der Waals surface area contributed by atoms with Crippen LogP contribution in [0.2, 0.25) is 10.0 Å². The smallest absolute Gasteiger partial charge is 0.283 e. The average molecular weight is 579 g/mol. The van der Waals surface area contributed by atoms with Crippen molar-refractivity contribution in [2.75, 3.05) is 60.4 Å². The number of carbonyl (C=O) groups excluding carboxylic acids is 2. The Kier molecular flexibility index (Phi) is 9.97. The second-order valence-electron chi connectivity index (χ2n) is 11.5. The summed E-state index contributed by atoms with van der Waals surface area (Å²) in [5.74, 6) is 0.341. The van der Waals surface area contributed by atoms with E-state index in [0.29, 0.717) is 16.6 Å². The molecule has 1 atom stereocenters. The molecule has 1 aromatic carbocycles. The molecular formula is C29H43Cl2N6O2+. The third-order valence-corrected chi connectivity index (χ3v) is 9.69. The molecule has 214 valence electrons. The molecule has 2 aliphatic heterocycles. The number of likely N-dealkylation sites (N-methyl/N-ethyl adjacent to an activating group) is 2. The van der Waals surface area contributed by atoms with Crippen molar-refractivity contribution in [3.05, 3.63) is 52.0 Å². The van der Waals surface area contributed by atoms with Crippen LogP contribution >= 0.6 is 23.2 Å². The molecule has 0 aliphatic carbocycles. The first-order valence-electron chi connectivity index (χ1n) is 14.1. The van der Waals surface area contributed by atoms with Gasteiger partial charge in [0.1, 0.15) is 0 Å². The van der Waals surface area contributed by atoms with E-state index in [1.807, 2.05) is 39.3 Å². The summed E-state index contributed by atoms with van der Waals surface area (Å²) in [6.45, 7) is 5.19. The lowest BCUT2D eigenvalue weighted by molar-refractivity contribution is -0.972. The van der Waals surface area contributed by atoms with Gasteiger partial charge in [-0.25, -0.2) is 4.98 Å². The Labute approximate surface area is 242 Å². The highest BCUT2D eigenvalue weighted by molar-refractivity contribution is 6.42. The number of aromatic amines is 1. The van der Waals surface area contributed by atoms with Crippen molar-refractivity contribution in [2.45, 2.75) is 56.4 Å². The zero-order valence-corrected chi connectivity index (χ0v) is 25.0. The van der Waals surface area contributed by atoms with Crippen molar-refractivity contribution in [2.24, 2.45) is 0 Å². The van der Waals surface area contributed by atoms with Crippen molar-refractivity contribution < 1.29 is 14.1 Å². The molecule has 3 heterocycles. The van der Waals surface area contributed by atoms with Crippen LogP contribution in [-0.4, -0.2) is 102 Å². The second-order valence-corrected chi connectivity index (χ2v) is 12.4. The van der Waals surface area contributed by atoms with Gasteiger partial charge in [-0.05, 0) is 37.0 Å². The topological polar surface area (TPSA) is 81.3 Å². The maximum atomic E-state index is 13.9. The Morgan fingerprint density at radius 3 is 2.41 bits per heavy atom. The van der Waals surface area contributed by atoms with Gasteiger partial charge in [0.25, 0.3) is 5.91 Å². The molecule has 2 N–H and O–H groups in total. The number of hydrogen-bond donors (Lipinski definition) is 2. The third-order valence-electron chi connectivity index (χ3n) is 8.95. The van der Waals surface area contributed by atoms with Gasteiger partial charge in [-0.2, -0.15) is 0 Å². The Morgan fingerprint density at radius 2 is 1.79 bits per heavy atom. The van der Waals surface area contributed by atoms with Crippen LogP contribution in [0.4, 0.5) is 0 Å². The molecule has 2 amide bonds. The Bertz CT molecular complexity index is 1110. The zero-order valence-electron chi connectivity index (χ0n) is 23.5. The van der Waals surface area contributed by atoms with Gasteiger partial charge >= 0.3 is 0 Å². The van der Waals surface area contributed by atoms with Crippen molar-refractivity contribution in [1.82, 2.24) is 25.1 Å². The van der Waals surface area contributed by atoms with Gasteiger partial charge in [0.05, 0.1) is 42.4 Å². The van der Waals surface area contributed by atoms with Gasteiger partial charge in [0.15, 0.2) is 5.54 Å². The van der Waals surface area contributed by atoms with E-state index in [0.717, 1.165) is 80.6 Å². The molecule has 0 spiro atoms. The van der Waals surface area contributed by atoms with E-state index in [1.165, 1.54) is 6.42 Å². The summed E-state index contributed by atoms with van der Waals surface area (Å²) in [6.07, 6.45) is 9.58. The van der Waals surface area contributed by atoms with Crippen LogP contribution in [0.15, 0.2) is 30.7 Å². The highest BCUT2D eigenvalue weighted by Gasteiger charge is 2.57. The Hall–Kier alpha value is -2.13. The fraction of sp³-hybridized carbons (Fsp3) is 0.621. The normalized spacial score (nSPS) is 19.3. The molecule has 2 saturated heterocycles. The predicted molar refractivity (Wildman–Crippen MR) is 156 cm³/mol. The molecule has 4 rings (SSSR count). The molecule has 2 aliphatic rings. The van der Waals surface area contributed by atoms with Gasteiger partial charge in [0, 0.05) is 77.8 Å². The minimum absolute atomic E-state index is 0.0313. The van der Waals surface area contributed by atoms with Crippen LogP contribution < -0.4 is 5.32 Å². The largest absolute Gasteiger partial charge is 0.348 e. The number of rotatable bonds is 10. The lowest BCUT2D eigenvalue weighted by atomic mass is 9.79. The monoisotopic (exact) mass is 577 g/mol. The maximum Gasteiger partial charge on any atom is 0.283 e. The number of nitrogens with one attached hydrogen (secondary N) is 2. The number of imidazole rings is 1. The van der Waals surface area contributed by atoms with Gasteiger partial charge in [-0.3, -0.25) is 9.59 Å². The number of nitrogens with zero attached hydrogens (tertiary/aromatic N) is 4. The summed E-state index contributed by atoms with van der Waals surface area (Å²) in [5.41, 5.74) is 1.45. The standard InChI is InChI=1S/C29H43Cl2N6O2/c1-35(2)28(39)29(10-12-32-13-11-29)37(14-5-4-6-15-37)16-9-23(22-7-8-25(30)26(31)17-22)20-36(3)27(38)18-24-19-33-21-34-24/h7-8,17,19,21,23,32H,4-6,9-16,18,20H2,1-3H3,(H,33,34)/q+1. The first-order valence-corrected chi connectivity index (χ1v) is 14.9. The first kappa shape index (κ1) is 29.8. The summed E-state index contributed by atoms with van der Waals surface area (Å²) < 4.78 is 0.829. The summed E-state index contributed by atoms with van der Waals surface area (Å²) in [7, 11) is 5.65. The number of piperidine rings is 2. The van der Waals surface area contributed by atoms with E-state index < -0.39 is 5.54 Å². The van der Waals surface area contributed by atoms with E-state index in [1.54, 1.807) is 22.3 Å². The second kappa shape index (κ2) is 13.0. The fourth-order valence-corrected chi connectivity index (χ4v) is 7.08. The highest BCUT2D eigenvalue weighted by Crippen LogP contribution is 2.40. The average Bonchev–Trinajstić information content (AvgIpc) is 3.45. The maximum absolute atomic E-state index is 13.9. The molecule has 2 fully saturated rings. The van der Waals surface area contributed by atoms with Crippen LogP contribution in [0.25, 0.3) is 0 Å². The number of carbonyl (C=O) groups is 2. The molecule has 1 aromatic heterocycles. The number of H-pyrrole nitrogens is 1. The van der Waals surface area contributed by atoms with Gasteiger partial charge in [-0.15, -0.1) is 0 Å². The molecule has 8 nitrogen and oxygen atoms in total. The highest BCUT2D eigenvalue weighted by atomic mass is 35.5. The lowest BCUT2D eigenvalue weighted by Crippen LogP contribution is -2.74. The molecule has 0 radical (unpaired) electrons. The van der Waals surface area contributed by atoms with Gasteiger partial charge < -0.3 is 24.6 Å². The van der Waals surface area contributed by atoms with Crippen LogP contribution in [0.3, 0.4) is 0 Å². The van der Waals surface area contributed by atoms with E-state index in [4.69, 9.17) is 23.2 Å². The minimum Gasteiger partial charge on any atom is -0.348 e. The zero-order chi connectivity index (χ0) is 28.0. The van der Waals surface area contributed by atoms with Crippen LogP contribution in [-0.2, 0) is 16.0 Å². The van der Waals surface area contributed by atoms with E-state index in [9.17, 15) is 9.59 Å². The van der Waals surface area contributed by atoms with Crippen LogP contribution in [0.1, 0.15) is 55.7 Å².